The summed E-state index contributed by atoms with van der Waals surface area (Å²) in [5.41, 5.74) is 0. The van der Waals surface area contributed by atoms with Crippen LogP contribution in [0.25, 0.3) is 0 Å². The van der Waals surface area contributed by atoms with E-state index in [2.05, 4.69) is 18.5 Å². The zero-order valence-electron chi connectivity index (χ0n) is 9.50. The standard InChI is InChI=1S/C12H19F2NO/c1-4-6-8-11(16)15-12(9(3)13)10(14)7-5-2/h4-5,7,9,11-12,15-16H,1-2,6,8H2,3H3/b10-7+. The van der Waals surface area contributed by atoms with Gasteiger partial charge in [-0.2, -0.15) is 0 Å². The van der Waals surface area contributed by atoms with Crippen molar-refractivity contribution in [3.63, 3.8) is 0 Å². The molecule has 0 aliphatic heterocycles. The Balaban J connectivity index is 4.38. The lowest BCUT2D eigenvalue weighted by Gasteiger charge is -2.22. The van der Waals surface area contributed by atoms with Gasteiger partial charge in [-0.25, -0.2) is 8.78 Å². The highest BCUT2D eigenvalue weighted by Gasteiger charge is 2.23. The Kier molecular flexibility index (Phi) is 7.68. The molecule has 2 nitrogen and oxygen atoms in total. The van der Waals surface area contributed by atoms with E-state index in [1.54, 1.807) is 6.08 Å². The van der Waals surface area contributed by atoms with Gasteiger partial charge in [-0.05, 0) is 25.8 Å². The van der Waals surface area contributed by atoms with Crippen molar-refractivity contribution >= 4 is 0 Å². The van der Waals surface area contributed by atoms with Crippen molar-refractivity contribution in [3.8, 4) is 0 Å². The molecule has 0 heterocycles. The highest BCUT2D eigenvalue weighted by atomic mass is 19.1. The van der Waals surface area contributed by atoms with Crippen LogP contribution in [0.4, 0.5) is 8.78 Å². The van der Waals surface area contributed by atoms with Crippen LogP contribution in [0.15, 0.2) is 37.2 Å². The molecule has 16 heavy (non-hydrogen) atoms. The van der Waals surface area contributed by atoms with Crippen LogP contribution in [0.2, 0.25) is 0 Å². The first-order chi connectivity index (χ1) is 7.52. The SMILES string of the molecule is C=C/C=C(/F)C(NC(O)CCC=C)C(C)F. The maximum absolute atomic E-state index is 13.4. The molecule has 3 unspecified atom stereocenters. The molecule has 3 atom stereocenters. The molecule has 0 aromatic rings. The van der Waals surface area contributed by atoms with Crippen molar-refractivity contribution in [2.24, 2.45) is 0 Å². The zero-order valence-corrected chi connectivity index (χ0v) is 9.50. The number of aliphatic hydroxyl groups excluding tert-OH is 1. The van der Waals surface area contributed by atoms with Crippen LogP contribution >= 0.6 is 0 Å². The van der Waals surface area contributed by atoms with Gasteiger partial charge in [-0.15, -0.1) is 6.58 Å². The highest BCUT2D eigenvalue weighted by molar-refractivity contribution is 5.11. The lowest BCUT2D eigenvalue weighted by atomic mass is 10.1. The highest BCUT2D eigenvalue weighted by Crippen LogP contribution is 2.13. The molecule has 0 rings (SSSR count). The fraction of sp³-hybridized carbons (Fsp3) is 0.500. The van der Waals surface area contributed by atoms with E-state index in [0.717, 1.165) is 6.08 Å². The molecule has 0 spiro atoms. The molecular formula is C12H19F2NO. The maximum atomic E-state index is 13.4. The van der Waals surface area contributed by atoms with Crippen LogP contribution in [0.5, 0.6) is 0 Å². The lowest BCUT2D eigenvalue weighted by molar-refractivity contribution is 0.0977. The van der Waals surface area contributed by atoms with Gasteiger partial charge < -0.3 is 5.11 Å². The second kappa shape index (κ2) is 8.19. The monoisotopic (exact) mass is 231 g/mol. The number of hydrogen-bond acceptors (Lipinski definition) is 2. The van der Waals surface area contributed by atoms with Crippen molar-refractivity contribution in [1.29, 1.82) is 0 Å². The number of rotatable bonds is 8. The summed E-state index contributed by atoms with van der Waals surface area (Å²) < 4.78 is 26.5. The van der Waals surface area contributed by atoms with Gasteiger partial charge in [-0.3, -0.25) is 5.32 Å². The van der Waals surface area contributed by atoms with E-state index in [0.29, 0.717) is 12.8 Å². The van der Waals surface area contributed by atoms with Crippen LogP contribution in [0.3, 0.4) is 0 Å². The van der Waals surface area contributed by atoms with Crippen LogP contribution < -0.4 is 5.32 Å². The normalized spacial score (nSPS) is 17.6. The molecule has 0 amide bonds. The van der Waals surface area contributed by atoms with Crippen LogP contribution in [0.1, 0.15) is 19.8 Å². The van der Waals surface area contributed by atoms with Crippen LogP contribution in [-0.2, 0) is 0 Å². The first-order valence-corrected chi connectivity index (χ1v) is 5.20. The van der Waals surface area contributed by atoms with E-state index in [4.69, 9.17) is 0 Å². The first kappa shape index (κ1) is 15.0. The minimum absolute atomic E-state index is 0.369. The van der Waals surface area contributed by atoms with Gasteiger partial charge in [0.05, 0.1) is 6.04 Å². The van der Waals surface area contributed by atoms with Crippen molar-refractivity contribution in [3.05, 3.63) is 37.2 Å². The third-order valence-corrected chi connectivity index (χ3v) is 2.05. The Morgan fingerprint density at radius 1 is 1.50 bits per heavy atom. The summed E-state index contributed by atoms with van der Waals surface area (Å²) in [6.07, 6.45) is 2.51. The Labute approximate surface area is 95.4 Å². The quantitative estimate of drug-likeness (QED) is 0.382. The van der Waals surface area contributed by atoms with Gasteiger partial charge in [0.15, 0.2) is 0 Å². The van der Waals surface area contributed by atoms with Crippen LogP contribution in [-0.4, -0.2) is 23.5 Å². The van der Waals surface area contributed by atoms with Gasteiger partial charge >= 0.3 is 0 Å². The van der Waals surface area contributed by atoms with Gasteiger partial charge in [-0.1, -0.05) is 18.7 Å². The molecule has 0 radical (unpaired) electrons. The molecule has 92 valence electrons. The topological polar surface area (TPSA) is 32.3 Å². The summed E-state index contributed by atoms with van der Waals surface area (Å²) in [5.74, 6) is -0.678. The number of aliphatic hydroxyl groups is 1. The number of allylic oxidation sites excluding steroid dienone is 3. The van der Waals surface area contributed by atoms with Gasteiger partial charge in [0.2, 0.25) is 0 Å². The molecule has 0 aliphatic rings. The van der Waals surface area contributed by atoms with Gasteiger partial charge in [0, 0.05) is 0 Å². The molecule has 0 saturated carbocycles. The van der Waals surface area contributed by atoms with E-state index in [-0.39, 0.29) is 0 Å². The Hall–Kier alpha value is -1.00. The summed E-state index contributed by atoms with van der Waals surface area (Å²) in [7, 11) is 0. The minimum atomic E-state index is -1.44. The molecule has 0 aromatic carbocycles. The van der Waals surface area contributed by atoms with Crippen LogP contribution in [0, 0.1) is 0 Å². The summed E-state index contributed by atoms with van der Waals surface area (Å²) in [5, 5.41) is 11.9. The third-order valence-electron chi connectivity index (χ3n) is 2.05. The second-order valence-corrected chi connectivity index (χ2v) is 3.49. The molecule has 0 fully saturated rings. The number of alkyl halides is 1. The first-order valence-electron chi connectivity index (χ1n) is 5.20. The maximum Gasteiger partial charge on any atom is 0.120 e. The molecule has 0 aliphatic carbocycles. The lowest BCUT2D eigenvalue weighted by Crippen LogP contribution is -2.43. The van der Waals surface area contributed by atoms with E-state index < -0.39 is 24.3 Å². The number of nitrogens with one attached hydrogen (secondary N) is 1. The van der Waals surface area contributed by atoms with Crippen molar-refractivity contribution < 1.29 is 13.9 Å². The Morgan fingerprint density at radius 3 is 2.56 bits per heavy atom. The van der Waals surface area contributed by atoms with E-state index >= 15 is 0 Å². The van der Waals surface area contributed by atoms with E-state index in [1.807, 2.05) is 0 Å². The molecule has 2 N–H and O–H groups in total. The minimum Gasteiger partial charge on any atom is -0.379 e. The fourth-order valence-corrected chi connectivity index (χ4v) is 1.21. The van der Waals surface area contributed by atoms with Crippen molar-refractivity contribution in [2.75, 3.05) is 0 Å². The third kappa shape index (κ3) is 5.78. The molecular weight excluding hydrogens is 212 g/mol. The molecule has 0 saturated heterocycles. The fourth-order valence-electron chi connectivity index (χ4n) is 1.21. The second-order valence-electron chi connectivity index (χ2n) is 3.49. The Morgan fingerprint density at radius 2 is 2.12 bits per heavy atom. The van der Waals surface area contributed by atoms with Crippen molar-refractivity contribution in [1.82, 2.24) is 5.32 Å². The largest absolute Gasteiger partial charge is 0.379 e. The van der Waals surface area contributed by atoms with Gasteiger partial charge in [0.1, 0.15) is 18.2 Å². The van der Waals surface area contributed by atoms with E-state index in [1.165, 1.54) is 13.0 Å². The zero-order chi connectivity index (χ0) is 12.6. The molecule has 0 aromatic heterocycles. The summed E-state index contributed by atoms with van der Waals surface area (Å²) >= 11 is 0. The number of halogens is 2. The number of hydrogen-bond donors (Lipinski definition) is 2. The summed E-state index contributed by atoms with van der Waals surface area (Å²) in [6, 6.07) is -1.14. The predicted octanol–water partition coefficient (Wildman–Crippen LogP) is 2.63. The van der Waals surface area contributed by atoms with Gasteiger partial charge in [0.25, 0.3) is 0 Å². The molecule has 0 bridgehead atoms. The van der Waals surface area contributed by atoms with E-state index in [9.17, 15) is 13.9 Å². The Bertz CT molecular complexity index is 251. The summed E-state index contributed by atoms with van der Waals surface area (Å²) in [4.78, 5) is 0. The summed E-state index contributed by atoms with van der Waals surface area (Å²) in [6.45, 7) is 8.06. The van der Waals surface area contributed by atoms with Crippen molar-refractivity contribution in [2.45, 2.75) is 38.2 Å². The molecule has 4 heteroatoms. The average Bonchev–Trinajstić information content (AvgIpc) is 2.22. The average molecular weight is 231 g/mol. The smallest absolute Gasteiger partial charge is 0.120 e. The predicted molar refractivity (Wildman–Crippen MR) is 62.3 cm³/mol.